The topological polar surface area (TPSA) is 201 Å². The average molecular weight is 569 g/mol. The summed E-state index contributed by atoms with van der Waals surface area (Å²) in [6, 6.07) is 10.5. The van der Waals surface area contributed by atoms with Crippen LogP contribution in [0.4, 0.5) is 0 Å². The minimum absolute atomic E-state index is 0.497. The molecule has 2 saturated heterocycles. The molecule has 0 spiro atoms. The normalized spacial score (nSPS) is 35.4. The third kappa shape index (κ3) is 5.28. The third-order valence-corrected chi connectivity index (χ3v) is 7.88. The van der Waals surface area contributed by atoms with Crippen molar-refractivity contribution in [2.75, 3.05) is 13.2 Å². The Balaban J connectivity index is 1.39. The lowest BCUT2D eigenvalue weighted by Crippen LogP contribution is -2.58. The fourth-order valence-electron chi connectivity index (χ4n) is 5.41. The number of aliphatic hydroxyl groups is 9. The summed E-state index contributed by atoms with van der Waals surface area (Å²) in [5.74, 6) is 11.2. The fourth-order valence-corrected chi connectivity index (χ4v) is 5.41. The molecule has 0 unspecified atom stereocenters. The van der Waals surface area contributed by atoms with Crippen LogP contribution in [0.2, 0.25) is 0 Å². The van der Waals surface area contributed by atoms with Gasteiger partial charge in [-0.1, -0.05) is 35.8 Å². The number of rotatable bonds is 2. The number of hydrogen-bond acceptors (Lipinski definition) is 11. The summed E-state index contributed by atoms with van der Waals surface area (Å²) < 4.78 is 10.9. The highest BCUT2D eigenvalue weighted by atomic mass is 16.5. The highest BCUT2D eigenvalue weighted by Crippen LogP contribution is 2.47. The minimum atomic E-state index is -1.53. The summed E-state index contributed by atoms with van der Waals surface area (Å²) in [6.07, 6.45) is -13.4. The number of ether oxygens (including phenoxy) is 2. The highest BCUT2D eigenvalue weighted by molar-refractivity contribution is 5.81. The largest absolute Gasteiger partial charge is 0.394 e. The first-order valence-corrected chi connectivity index (χ1v) is 13.1. The van der Waals surface area contributed by atoms with Gasteiger partial charge in [0.05, 0.1) is 13.2 Å². The zero-order chi connectivity index (χ0) is 29.6. The predicted molar refractivity (Wildman–Crippen MR) is 142 cm³/mol. The van der Waals surface area contributed by atoms with Gasteiger partial charge in [0.15, 0.2) is 0 Å². The van der Waals surface area contributed by atoms with Gasteiger partial charge in [-0.2, -0.15) is 0 Å². The lowest BCUT2D eigenvalue weighted by molar-refractivity contribution is -0.214. The summed E-state index contributed by atoms with van der Waals surface area (Å²) in [6.45, 7) is 0.511. The van der Waals surface area contributed by atoms with Crippen molar-refractivity contribution < 1.29 is 55.4 Å². The van der Waals surface area contributed by atoms with Gasteiger partial charge in [-0.25, -0.2) is 0 Å². The smallest absolute Gasteiger partial charge is 0.147 e. The maximum Gasteiger partial charge on any atom is 0.147 e. The Bertz CT molecular complexity index is 1310. The van der Waals surface area contributed by atoms with Crippen molar-refractivity contribution >= 4 is 0 Å². The van der Waals surface area contributed by atoms with Crippen LogP contribution in [-0.2, 0) is 15.1 Å². The van der Waals surface area contributed by atoms with E-state index in [1.807, 2.05) is 0 Å². The Morgan fingerprint density at radius 2 is 1.02 bits per heavy atom. The Morgan fingerprint density at radius 3 is 1.39 bits per heavy atom. The molecular formula is C30H32O11. The molecule has 0 amide bonds. The van der Waals surface area contributed by atoms with Gasteiger partial charge < -0.3 is 55.4 Å². The van der Waals surface area contributed by atoms with E-state index in [4.69, 9.17) is 9.47 Å². The molecule has 11 nitrogen and oxygen atoms in total. The molecule has 2 fully saturated rings. The first kappa shape index (κ1) is 29.6. The van der Waals surface area contributed by atoms with Crippen molar-refractivity contribution in [3.63, 3.8) is 0 Å². The summed E-state index contributed by atoms with van der Waals surface area (Å²) in [7, 11) is 0. The van der Waals surface area contributed by atoms with E-state index >= 15 is 0 Å². The molecule has 0 saturated carbocycles. The van der Waals surface area contributed by atoms with Crippen LogP contribution in [0.3, 0.4) is 0 Å². The van der Waals surface area contributed by atoms with Crippen molar-refractivity contribution in [3.8, 4) is 34.8 Å². The lowest BCUT2D eigenvalue weighted by Gasteiger charge is -2.37. The first-order valence-electron chi connectivity index (χ1n) is 13.1. The van der Waals surface area contributed by atoms with Gasteiger partial charge in [0.2, 0.25) is 0 Å². The molecule has 218 valence electrons. The minimum Gasteiger partial charge on any atom is -0.394 e. The third-order valence-electron chi connectivity index (χ3n) is 7.88. The first-order chi connectivity index (χ1) is 19.5. The van der Waals surface area contributed by atoms with Crippen molar-refractivity contribution in [3.05, 3.63) is 58.7 Å². The Kier molecular flexibility index (Phi) is 8.25. The molecule has 9 N–H and O–H groups in total. The molecular weight excluding hydrogens is 536 g/mol. The van der Waals surface area contributed by atoms with E-state index in [1.54, 1.807) is 43.3 Å². The number of aliphatic hydroxyl groups excluding tert-OH is 8. The number of hydrogen-bond donors (Lipinski definition) is 9. The predicted octanol–water partition coefficient (Wildman–Crippen LogP) is -2.69. The van der Waals surface area contributed by atoms with Crippen LogP contribution in [0.5, 0.6) is 0 Å². The standard InChI is InChI=1S/C30H32O11/c1-30(39)18-10-14(4-8-20-24(33)28(37)26(35)22(12-31)40-20)2-6-16(18)17-7-3-15(11-19(17)30)5-9-21-25(34)29(38)27(36)23(13-32)41-21/h2-3,6-7,10-11,20-29,31-39H,12-13H2,1H3/t20-,21-,22-,23-,24-,25-,26-,27-,28-,29-/m1/s1. The molecule has 1 aliphatic carbocycles. The molecule has 2 aromatic carbocycles. The van der Waals surface area contributed by atoms with Crippen LogP contribution in [0.15, 0.2) is 36.4 Å². The SMILES string of the molecule is CC1(O)c2cc(C#C[C@H]3O[C@H](CO)[C@@H](O)[C@H](O)[C@@H]3O)ccc2-c2ccc(C#C[C@H]3O[C@H](CO)[C@@H](O)[C@H](O)[C@@H]3O)cc21. The van der Waals surface area contributed by atoms with Gasteiger partial charge in [-0.05, 0) is 53.4 Å². The monoisotopic (exact) mass is 568 g/mol. The van der Waals surface area contributed by atoms with Crippen molar-refractivity contribution in [2.24, 2.45) is 0 Å². The van der Waals surface area contributed by atoms with Crippen LogP contribution in [0.1, 0.15) is 29.2 Å². The maximum atomic E-state index is 11.5. The van der Waals surface area contributed by atoms with E-state index in [9.17, 15) is 46.0 Å². The Morgan fingerprint density at radius 1 is 0.634 bits per heavy atom. The molecule has 2 heterocycles. The van der Waals surface area contributed by atoms with Crippen LogP contribution < -0.4 is 0 Å². The van der Waals surface area contributed by atoms with Crippen molar-refractivity contribution in [1.29, 1.82) is 0 Å². The van der Waals surface area contributed by atoms with E-state index in [-0.39, 0.29) is 0 Å². The summed E-state index contributed by atoms with van der Waals surface area (Å²) in [4.78, 5) is 0. The maximum absolute atomic E-state index is 11.5. The highest BCUT2D eigenvalue weighted by Gasteiger charge is 2.44. The summed E-state index contributed by atoms with van der Waals surface area (Å²) in [5.41, 5.74) is 2.27. The number of fused-ring (bicyclic) bond motifs is 3. The van der Waals surface area contributed by atoms with Gasteiger partial charge in [0, 0.05) is 11.1 Å². The summed E-state index contributed by atoms with van der Waals surface area (Å²) >= 11 is 0. The lowest BCUT2D eigenvalue weighted by atomic mass is 9.91. The van der Waals surface area contributed by atoms with E-state index in [1.165, 1.54) is 0 Å². The van der Waals surface area contributed by atoms with Gasteiger partial charge in [-0.3, -0.25) is 0 Å². The molecule has 41 heavy (non-hydrogen) atoms. The molecule has 2 aromatic rings. The van der Waals surface area contributed by atoms with E-state index in [0.717, 1.165) is 11.1 Å². The fraction of sp³-hybridized carbons (Fsp3) is 0.467. The summed E-state index contributed by atoms with van der Waals surface area (Å²) in [5, 5.41) is 90.7. The van der Waals surface area contributed by atoms with Crippen LogP contribution >= 0.6 is 0 Å². The molecule has 10 atom stereocenters. The van der Waals surface area contributed by atoms with Gasteiger partial charge >= 0.3 is 0 Å². The number of benzene rings is 2. The quantitative estimate of drug-likeness (QED) is 0.171. The van der Waals surface area contributed by atoms with E-state index in [2.05, 4.69) is 23.7 Å². The zero-order valence-corrected chi connectivity index (χ0v) is 22.0. The van der Waals surface area contributed by atoms with Crippen LogP contribution in [0.25, 0.3) is 11.1 Å². The molecule has 5 rings (SSSR count). The molecule has 11 heteroatoms. The molecule has 0 aromatic heterocycles. The van der Waals surface area contributed by atoms with Gasteiger partial charge in [0.25, 0.3) is 0 Å². The molecule has 3 aliphatic rings. The van der Waals surface area contributed by atoms with Crippen molar-refractivity contribution in [2.45, 2.75) is 73.6 Å². The van der Waals surface area contributed by atoms with Crippen molar-refractivity contribution in [1.82, 2.24) is 0 Å². The van der Waals surface area contributed by atoms with Gasteiger partial charge in [-0.15, -0.1) is 0 Å². The van der Waals surface area contributed by atoms with Crippen LogP contribution in [0, 0.1) is 23.7 Å². The van der Waals surface area contributed by atoms with E-state index in [0.29, 0.717) is 22.3 Å². The second-order valence-corrected chi connectivity index (χ2v) is 10.6. The van der Waals surface area contributed by atoms with Gasteiger partial charge in [0.1, 0.15) is 66.6 Å². The molecule has 0 radical (unpaired) electrons. The second kappa shape index (κ2) is 11.4. The zero-order valence-electron chi connectivity index (χ0n) is 22.0. The average Bonchev–Trinajstić information content (AvgIpc) is 3.19. The molecule has 0 bridgehead atoms. The molecule has 2 aliphatic heterocycles. The Labute approximate surface area is 235 Å². The van der Waals surface area contributed by atoms with E-state index < -0.39 is 79.9 Å². The second-order valence-electron chi connectivity index (χ2n) is 10.6. The Hall–Kier alpha value is -2.88. The van der Waals surface area contributed by atoms with Crippen LogP contribution in [-0.4, -0.2) is 120 Å².